The molecular weight excluding hydrogens is 116 g/mol. The van der Waals surface area contributed by atoms with Crippen molar-refractivity contribution in [3.63, 3.8) is 0 Å². The molecule has 9 heavy (non-hydrogen) atoms. The summed E-state index contributed by atoms with van der Waals surface area (Å²) in [6.45, 7) is 4.72. The van der Waals surface area contributed by atoms with Gasteiger partial charge in [0.05, 0.1) is 0 Å². The molecule has 0 radical (unpaired) electrons. The zero-order chi connectivity index (χ0) is 6.69. The van der Waals surface area contributed by atoms with E-state index in [-0.39, 0.29) is 0 Å². The molecule has 3 nitrogen and oxygen atoms in total. The van der Waals surface area contributed by atoms with Gasteiger partial charge < -0.3 is 10.2 Å². The Kier molecular flexibility index (Phi) is 2.05. The number of piperazine rings is 1. The van der Waals surface area contributed by atoms with Gasteiger partial charge in [-0.3, -0.25) is 4.79 Å². The number of nitrogens with zero attached hydrogens (tertiary/aromatic N) is 1. The first-order valence-electron chi connectivity index (χ1n) is 3.25. The number of hydrogen-bond acceptors (Lipinski definition) is 2. The summed E-state index contributed by atoms with van der Waals surface area (Å²) in [5.74, 6) is 0. The number of carbonyl (C=O) groups is 1. The Morgan fingerprint density at radius 1 is 1.78 bits per heavy atom. The average molecular weight is 128 g/mol. The highest BCUT2D eigenvalue weighted by Crippen LogP contribution is 1.93. The van der Waals surface area contributed by atoms with Gasteiger partial charge >= 0.3 is 0 Å². The van der Waals surface area contributed by atoms with Crippen LogP contribution < -0.4 is 5.32 Å². The van der Waals surface area contributed by atoms with E-state index in [1.165, 1.54) is 0 Å². The average Bonchev–Trinajstić information content (AvgIpc) is 1.88. The van der Waals surface area contributed by atoms with Crippen LogP contribution in [0, 0.1) is 0 Å². The Morgan fingerprint density at radius 2 is 2.56 bits per heavy atom. The lowest BCUT2D eigenvalue weighted by atomic mass is 10.2. The standard InChI is InChI=1S/C6H12N2O/c1-6-4-8(5-9)3-2-7-6/h5-7H,2-4H2,1H3/t6-/m1/s1. The van der Waals surface area contributed by atoms with Crippen molar-refractivity contribution in [2.45, 2.75) is 13.0 Å². The van der Waals surface area contributed by atoms with Crippen LogP contribution in [-0.2, 0) is 4.79 Å². The minimum Gasteiger partial charge on any atom is -0.342 e. The maximum Gasteiger partial charge on any atom is 0.209 e. The molecule has 0 saturated carbocycles. The van der Waals surface area contributed by atoms with Gasteiger partial charge in [0.1, 0.15) is 0 Å². The quantitative estimate of drug-likeness (QED) is 0.480. The van der Waals surface area contributed by atoms with E-state index in [0.717, 1.165) is 26.0 Å². The summed E-state index contributed by atoms with van der Waals surface area (Å²) in [6.07, 6.45) is 0.914. The number of nitrogens with one attached hydrogen (secondary N) is 1. The van der Waals surface area contributed by atoms with E-state index in [4.69, 9.17) is 0 Å². The fourth-order valence-corrected chi connectivity index (χ4v) is 1.06. The Labute approximate surface area is 55.0 Å². The van der Waals surface area contributed by atoms with Gasteiger partial charge in [0.25, 0.3) is 0 Å². The lowest BCUT2D eigenvalue weighted by Gasteiger charge is -2.28. The van der Waals surface area contributed by atoms with Crippen LogP contribution in [0.15, 0.2) is 0 Å². The molecular formula is C6H12N2O. The van der Waals surface area contributed by atoms with Crippen LogP contribution >= 0.6 is 0 Å². The van der Waals surface area contributed by atoms with Crippen LogP contribution in [0.1, 0.15) is 6.92 Å². The molecule has 0 aromatic heterocycles. The summed E-state index contributed by atoms with van der Waals surface area (Å²) >= 11 is 0. The molecule has 1 aliphatic heterocycles. The molecule has 0 aromatic rings. The van der Waals surface area contributed by atoms with Crippen molar-refractivity contribution in [2.75, 3.05) is 19.6 Å². The van der Waals surface area contributed by atoms with Gasteiger partial charge in [-0.05, 0) is 6.92 Å². The van der Waals surface area contributed by atoms with E-state index in [9.17, 15) is 4.79 Å². The van der Waals surface area contributed by atoms with Crippen molar-refractivity contribution in [3.8, 4) is 0 Å². The third kappa shape index (κ3) is 1.68. The number of carbonyl (C=O) groups excluding carboxylic acids is 1. The second kappa shape index (κ2) is 2.82. The van der Waals surface area contributed by atoms with Crippen molar-refractivity contribution in [1.82, 2.24) is 10.2 Å². The molecule has 1 atom stereocenters. The SMILES string of the molecule is C[C@@H]1CN(C=O)CCN1. The molecule has 0 bridgehead atoms. The molecule has 1 aliphatic rings. The highest BCUT2D eigenvalue weighted by Gasteiger charge is 2.12. The molecule has 0 spiro atoms. The first-order valence-corrected chi connectivity index (χ1v) is 3.25. The smallest absolute Gasteiger partial charge is 0.209 e. The van der Waals surface area contributed by atoms with E-state index in [0.29, 0.717) is 6.04 Å². The largest absolute Gasteiger partial charge is 0.342 e. The number of rotatable bonds is 1. The van der Waals surface area contributed by atoms with Crippen molar-refractivity contribution in [1.29, 1.82) is 0 Å². The van der Waals surface area contributed by atoms with E-state index >= 15 is 0 Å². The minimum absolute atomic E-state index is 0.462. The van der Waals surface area contributed by atoms with Crippen LogP contribution in [-0.4, -0.2) is 37.0 Å². The number of hydrogen-bond donors (Lipinski definition) is 1. The van der Waals surface area contributed by atoms with Crippen molar-refractivity contribution >= 4 is 6.41 Å². The van der Waals surface area contributed by atoms with Crippen molar-refractivity contribution in [3.05, 3.63) is 0 Å². The van der Waals surface area contributed by atoms with Gasteiger partial charge in [0, 0.05) is 25.7 Å². The fraction of sp³-hybridized carbons (Fsp3) is 0.833. The van der Waals surface area contributed by atoms with Gasteiger partial charge in [-0.15, -0.1) is 0 Å². The van der Waals surface area contributed by atoms with Gasteiger partial charge in [0.15, 0.2) is 0 Å². The normalized spacial score (nSPS) is 28.1. The summed E-state index contributed by atoms with van der Waals surface area (Å²) < 4.78 is 0. The Morgan fingerprint density at radius 3 is 3.00 bits per heavy atom. The summed E-state index contributed by atoms with van der Waals surface area (Å²) in [5, 5.41) is 3.25. The monoisotopic (exact) mass is 128 g/mol. The molecule has 1 saturated heterocycles. The van der Waals surface area contributed by atoms with Gasteiger partial charge in [-0.2, -0.15) is 0 Å². The Hall–Kier alpha value is -0.570. The number of amides is 1. The lowest BCUT2D eigenvalue weighted by Crippen LogP contribution is -2.48. The summed E-state index contributed by atoms with van der Waals surface area (Å²) in [7, 11) is 0. The van der Waals surface area contributed by atoms with Crippen LogP contribution in [0.4, 0.5) is 0 Å². The molecule has 0 aliphatic carbocycles. The highest BCUT2D eigenvalue weighted by molar-refractivity contribution is 5.47. The van der Waals surface area contributed by atoms with Crippen molar-refractivity contribution in [2.24, 2.45) is 0 Å². The molecule has 1 fully saturated rings. The molecule has 1 heterocycles. The maximum atomic E-state index is 10.2. The Bertz CT molecular complexity index is 105. The molecule has 3 heteroatoms. The second-order valence-corrected chi connectivity index (χ2v) is 2.46. The fourth-order valence-electron chi connectivity index (χ4n) is 1.06. The predicted octanol–water partition coefficient (Wildman–Crippen LogP) is -0.563. The first kappa shape index (κ1) is 6.55. The van der Waals surface area contributed by atoms with Gasteiger partial charge in [-0.25, -0.2) is 0 Å². The summed E-state index contributed by atoms with van der Waals surface area (Å²) in [4.78, 5) is 12.0. The second-order valence-electron chi connectivity index (χ2n) is 2.46. The van der Waals surface area contributed by atoms with Gasteiger partial charge in [0.2, 0.25) is 6.41 Å². The maximum absolute atomic E-state index is 10.2. The van der Waals surface area contributed by atoms with Crippen molar-refractivity contribution < 1.29 is 4.79 Å². The lowest BCUT2D eigenvalue weighted by molar-refractivity contribution is -0.119. The molecule has 0 unspecified atom stereocenters. The van der Waals surface area contributed by atoms with E-state index in [1.54, 1.807) is 4.90 Å². The molecule has 1 N–H and O–H groups in total. The molecule has 52 valence electrons. The van der Waals surface area contributed by atoms with Crippen LogP contribution in [0.3, 0.4) is 0 Å². The van der Waals surface area contributed by atoms with Crippen LogP contribution in [0.5, 0.6) is 0 Å². The van der Waals surface area contributed by atoms with Gasteiger partial charge in [-0.1, -0.05) is 0 Å². The minimum atomic E-state index is 0.462. The first-order chi connectivity index (χ1) is 4.33. The van der Waals surface area contributed by atoms with E-state index in [1.807, 2.05) is 0 Å². The summed E-state index contributed by atoms with van der Waals surface area (Å²) in [5.41, 5.74) is 0. The van der Waals surface area contributed by atoms with E-state index in [2.05, 4.69) is 12.2 Å². The zero-order valence-electron chi connectivity index (χ0n) is 5.63. The molecule has 0 aromatic carbocycles. The Balaban J connectivity index is 2.31. The highest BCUT2D eigenvalue weighted by atomic mass is 16.1. The molecule has 1 amide bonds. The van der Waals surface area contributed by atoms with Crippen LogP contribution in [0.2, 0.25) is 0 Å². The van der Waals surface area contributed by atoms with Crippen LogP contribution in [0.25, 0.3) is 0 Å². The summed E-state index contributed by atoms with van der Waals surface area (Å²) in [6, 6.07) is 0.462. The topological polar surface area (TPSA) is 32.3 Å². The zero-order valence-corrected chi connectivity index (χ0v) is 5.63. The predicted molar refractivity (Wildman–Crippen MR) is 35.1 cm³/mol. The third-order valence-corrected chi connectivity index (χ3v) is 1.55. The third-order valence-electron chi connectivity index (χ3n) is 1.55. The van der Waals surface area contributed by atoms with E-state index < -0.39 is 0 Å². The molecule has 1 rings (SSSR count).